The maximum absolute atomic E-state index is 12.1. The number of rotatable bonds is 10. The number of hydrogen-bond acceptors (Lipinski definition) is 5. The summed E-state index contributed by atoms with van der Waals surface area (Å²) >= 11 is 0. The van der Waals surface area contributed by atoms with Gasteiger partial charge in [0.25, 0.3) is 5.91 Å². The first-order valence-corrected chi connectivity index (χ1v) is 8.98. The number of nitrogens with zero attached hydrogens (tertiary/aromatic N) is 1. The summed E-state index contributed by atoms with van der Waals surface area (Å²) < 4.78 is 16.8. The van der Waals surface area contributed by atoms with Crippen LogP contribution in [-0.2, 0) is 4.79 Å². The zero-order valence-electron chi connectivity index (χ0n) is 15.7. The molecule has 142 valence electrons. The Kier molecular flexibility index (Phi) is 7.98. The summed E-state index contributed by atoms with van der Waals surface area (Å²) in [6.07, 6.45) is 1.78. The normalized spacial score (nSPS) is 9.96. The molecule has 6 nitrogen and oxygen atoms in total. The van der Waals surface area contributed by atoms with Gasteiger partial charge in [0.05, 0.1) is 24.8 Å². The average molecular weight is 368 g/mol. The number of carbonyl (C=O) groups is 1. The van der Waals surface area contributed by atoms with E-state index >= 15 is 0 Å². The molecule has 2 aromatic carbocycles. The summed E-state index contributed by atoms with van der Waals surface area (Å²) in [6.45, 7) is 5.10. The molecule has 1 N–H and O–H groups in total. The molecule has 1 amide bonds. The number of benzene rings is 2. The Bertz CT molecular complexity index is 782. The molecule has 0 aliphatic carbocycles. The summed E-state index contributed by atoms with van der Waals surface area (Å²) in [5.74, 6) is 1.51. The smallest absolute Gasteiger partial charge is 0.262 e. The van der Waals surface area contributed by atoms with Crippen molar-refractivity contribution in [3.63, 3.8) is 0 Å². The first-order chi connectivity index (χ1) is 13.2. The van der Waals surface area contributed by atoms with E-state index in [2.05, 4.69) is 5.32 Å². The van der Waals surface area contributed by atoms with Crippen LogP contribution in [0.5, 0.6) is 17.2 Å². The molecule has 0 bridgehead atoms. The SMILES string of the molecule is CCCOc1ccc(NC(=O)COc2ccc(C#N)cc2)cc1OCCC. The molecule has 0 aliphatic heterocycles. The molecule has 2 rings (SSSR count). The zero-order chi connectivity index (χ0) is 19.5. The molecule has 0 saturated heterocycles. The highest BCUT2D eigenvalue weighted by Crippen LogP contribution is 2.31. The lowest BCUT2D eigenvalue weighted by atomic mass is 10.2. The number of amides is 1. The van der Waals surface area contributed by atoms with E-state index in [1.165, 1.54) is 0 Å². The Morgan fingerprint density at radius 3 is 2.26 bits per heavy atom. The molecule has 0 atom stereocenters. The minimum Gasteiger partial charge on any atom is -0.490 e. The number of ether oxygens (including phenoxy) is 3. The van der Waals surface area contributed by atoms with Gasteiger partial charge in [0.15, 0.2) is 18.1 Å². The van der Waals surface area contributed by atoms with Crippen LogP contribution < -0.4 is 19.5 Å². The number of carbonyl (C=O) groups excluding carboxylic acids is 1. The molecule has 0 fully saturated rings. The summed E-state index contributed by atoms with van der Waals surface area (Å²) in [5.41, 5.74) is 1.15. The van der Waals surface area contributed by atoms with Crippen molar-refractivity contribution in [3.05, 3.63) is 48.0 Å². The van der Waals surface area contributed by atoms with Crippen molar-refractivity contribution >= 4 is 11.6 Å². The van der Waals surface area contributed by atoms with E-state index in [1.807, 2.05) is 19.9 Å². The molecule has 0 radical (unpaired) electrons. The fourth-order valence-electron chi connectivity index (χ4n) is 2.21. The van der Waals surface area contributed by atoms with Crippen LogP contribution in [0.4, 0.5) is 5.69 Å². The predicted octanol–water partition coefficient (Wildman–Crippen LogP) is 4.15. The van der Waals surface area contributed by atoms with Crippen LogP contribution in [-0.4, -0.2) is 25.7 Å². The predicted molar refractivity (Wildman–Crippen MR) is 103 cm³/mol. The first kappa shape index (κ1) is 20.1. The highest BCUT2D eigenvalue weighted by atomic mass is 16.5. The largest absolute Gasteiger partial charge is 0.490 e. The maximum atomic E-state index is 12.1. The summed E-state index contributed by atoms with van der Waals surface area (Å²) in [5, 5.41) is 11.6. The Morgan fingerprint density at radius 1 is 0.963 bits per heavy atom. The van der Waals surface area contributed by atoms with Gasteiger partial charge in [-0.2, -0.15) is 5.26 Å². The molecule has 27 heavy (non-hydrogen) atoms. The van der Waals surface area contributed by atoms with E-state index < -0.39 is 0 Å². The molecule has 0 aliphatic rings. The van der Waals surface area contributed by atoms with Gasteiger partial charge in [0, 0.05) is 11.8 Å². The number of hydrogen-bond donors (Lipinski definition) is 1. The van der Waals surface area contributed by atoms with Gasteiger partial charge in [-0.05, 0) is 49.2 Å². The third-order valence-electron chi connectivity index (χ3n) is 3.50. The molecular weight excluding hydrogens is 344 g/mol. The highest BCUT2D eigenvalue weighted by molar-refractivity contribution is 5.92. The van der Waals surface area contributed by atoms with Crippen LogP contribution in [0.3, 0.4) is 0 Å². The summed E-state index contributed by atoms with van der Waals surface area (Å²) in [7, 11) is 0. The van der Waals surface area contributed by atoms with E-state index in [0.29, 0.717) is 41.7 Å². The van der Waals surface area contributed by atoms with E-state index in [0.717, 1.165) is 12.8 Å². The van der Waals surface area contributed by atoms with Gasteiger partial charge < -0.3 is 19.5 Å². The van der Waals surface area contributed by atoms with Crippen LogP contribution in [0.1, 0.15) is 32.3 Å². The number of nitriles is 1. The molecule has 0 unspecified atom stereocenters. The Hall–Kier alpha value is -3.20. The van der Waals surface area contributed by atoms with E-state index in [4.69, 9.17) is 19.5 Å². The van der Waals surface area contributed by atoms with E-state index in [-0.39, 0.29) is 12.5 Å². The Balaban J connectivity index is 1.95. The molecule has 2 aromatic rings. The van der Waals surface area contributed by atoms with Gasteiger partial charge in [0.2, 0.25) is 0 Å². The van der Waals surface area contributed by atoms with Gasteiger partial charge >= 0.3 is 0 Å². The highest BCUT2D eigenvalue weighted by Gasteiger charge is 2.10. The average Bonchev–Trinajstić information content (AvgIpc) is 2.70. The monoisotopic (exact) mass is 368 g/mol. The number of nitrogens with one attached hydrogen (secondary N) is 1. The third-order valence-corrected chi connectivity index (χ3v) is 3.50. The third kappa shape index (κ3) is 6.55. The molecule has 0 heterocycles. The second-order valence-corrected chi connectivity index (χ2v) is 5.83. The van der Waals surface area contributed by atoms with Gasteiger partial charge in [-0.15, -0.1) is 0 Å². The van der Waals surface area contributed by atoms with E-state index in [9.17, 15) is 4.79 Å². The standard InChI is InChI=1S/C21H24N2O4/c1-3-11-25-19-10-7-17(13-20(19)26-12-4-2)23-21(24)15-27-18-8-5-16(14-22)6-9-18/h5-10,13H,3-4,11-12,15H2,1-2H3,(H,23,24). The zero-order valence-corrected chi connectivity index (χ0v) is 15.7. The lowest BCUT2D eigenvalue weighted by Crippen LogP contribution is -2.20. The van der Waals surface area contributed by atoms with Gasteiger partial charge in [-0.1, -0.05) is 13.8 Å². The van der Waals surface area contributed by atoms with Crippen LogP contribution in [0.2, 0.25) is 0 Å². The van der Waals surface area contributed by atoms with Crippen molar-refractivity contribution in [1.29, 1.82) is 5.26 Å². The lowest BCUT2D eigenvalue weighted by molar-refractivity contribution is -0.118. The Morgan fingerprint density at radius 2 is 1.63 bits per heavy atom. The molecule has 6 heteroatoms. The second kappa shape index (κ2) is 10.7. The lowest BCUT2D eigenvalue weighted by Gasteiger charge is -2.14. The second-order valence-electron chi connectivity index (χ2n) is 5.83. The van der Waals surface area contributed by atoms with Crippen LogP contribution in [0.15, 0.2) is 42.5 Å². The molecule has 0 aromatic heterocycles. The van der Waals surface area contributed by atoms with Crippen molar-refractivity contribution in [2.45, 2.75) is 26.7 Å². The molecule has 0 spiro atoms. The topological polar surface area (TPSA) is 80.6 Å². The van der Waals surface area contributed by atoms with Gasteiger partial charge in [-0.25, -0.2) is 0 Å². The van der Waals surface area contributed by atoms with Crippen molar-refractivity contribution in [1.82, 2.24) is 0 Å². The van der Waals surface area contributed by atoms with Crippen LogP contribution in [0, 0.1) is 11.3 Å². The fraction of sp³-hybridized carbons (Fsp3) is 0.333. The Labute approximate surface area is 159 Å². The molecule has 0 saturated carbocycles. The maximum Gasteiger partial charge on any atom is 0.262 e. The van der Waals surface area contributed by atoms with Crippen molar-refractivity contribution < 1.29 is 19.0 Å². The van der Waals surface area contributed by atoms with Crippen LogP contribution >= 0.6 is 0 Å². The van der Waals surface area contributed by atoms with Crippen LogP contribution in [0.25, 0.3) is 0 Å². The van der Waals surface area contributed by atoms with Crippen molar-refractivity contribution in [2.75, 3.05) is 25.1 Å². The first-order valence-electron chi connectivity index (χ1n) is 8.98. The van der Waals surface area contributed by atoms with Gasteiger partial charge in [-0.3, -0.25) is 4.79 Å². The summed E-state index contributed by atoms with van der Waals surface area (Å²) in [6, 6.07) is 13.9. The minimum atomic E-state index is -0.289. The minimum absolute atomic E-state index is 0.134. The summed E-state index contributed by atoms with van der Waals surface area (Å²) in [4.78, 5) is 12.1. The molecular formula is C21H24N2O4. The number of anilines is 1. The quantitative estimate of drug-likeness (QED) is 0.681. The van der Waals surface area contributed by atoms with E-state index in [1.54, 1.807) is 42.5 Å². The van der Waals surface area contributed by atoms with Crippen molar-refractivity contribution in [2.24, 2.45) is 0 Å². The van der Waals surface area contributed by atoms with Crippen molar-refractivity contribution in [3.8, 4) is 23.3 Å². The fourth-order valence-corrected chi connectivity index (χ4v) is 2.21. The van der Waals surface area contributed by atoms with Gasteiger partial charge in [0.1, 0.15) is 5.75 Å².